The Labute approximate surface area is 139 Å². The van der Waals surface area contributed by atoms with Crippen molar-refractivity contribution in [2.24, 2.45) is 5.73 Å². The third-order valence-electron chi connectivity index (χ3n) is 4.06. The molecule has 1 nitrogen and oxygen atoms in total. The topological polar surface area (TPSA) is 26.0 Å². The van der Waals surface area contributed by atoms with Crippen LogP contribution in [-0.2, 0) is 0 Å². The smallest absolute Gasteiger partial charge is 0.00773 e. The lowest BCUT2D eigenvalue weighted by Gasteiger charge is -2.03. The highest BCUT2D eigenvalue weighted by atomic mass is 79.9. The Bertz CT molecular complexity index is 134. The first-order valence-corrected chi connectivity index (χ1v) is 9.12. The van der Waals surface area contributed by atoms with Crippen molar-refractivity contribution in [1.82, 2.24) is 0 Å². The fourth-order valence-electron chi connectivity index (χ4n) is 2.69. The highest BCUT2D eigenvalue weighted by Gasteiger charge is 1.94. The molecule has 2 heteroatoms. The van der Waals surface area contributed by atoms with E-state index in [2.05, 4.69) is 6.92 Å². The molecule has 2 N–H and O–H groups in total. The van der Waals surface area contributed by atoms with Gasteiger partial charge in [-0.3, -0.25) is 0 Å². The minimum Gasteiger partial charge on any atom is -0.330 e. The van der Waals surface area contributed by atoms with E-state index in [9.17, 15) is 0 Å². The van der Waals surface area contributed by atoms with E-state index >= 15 is 0 Å². The number of unbranched alkanes of at least 4 members (excludes halogenated alkanes) is 15. The Morgan fingerprint density at radius 2 is 0.700 bits per heavy atom. The Morgan fingerprint density at radius 1 is 0.450 bits per heavy atom. The molecule has 0 aliphatic heterocycles. The van der Waals surface area contributed by atoms with Crippen molar-refractivity contribution >= 4 is 17.0 Å². The van der Waals surface area contributed by atoms with E-state index in [-0.39, 0.29) is 17.0 Å². The summed E-state index contributed by atoms with van der Waals surface area (Å²) < 4.78 is 0. The van der Waals surface area contributed by atoms with Gasteiger partial charge < -0.3 is 5.73 Å². The first-order chi connectivity index (χ1) is 9.41. The summed E-state index contributed by atoms with van der Waals surface area (Å²) >= 11 is 0. The molecule has 0 radical (unpaired) electrons. The van der Waals surface area contributed by atoms with Gasteiger partial charge in [0.15, 0.2) is 0 Å². The fraction of sp³-hybridized carbons (Fsp3) is 1.00. The Morgan fingerprint density at radius 3 is 0.950 bits per heavy atom. The van der Waals surface area contributed by atoms with Gasteiger partial charge in [-0.15, -0.1) is 17.0 Å². The molecule has 0 bridgehead atoms. The summed E-state index contributed by atoms with van der Waals surface area (Å²) in [7, 11) is 0. The summed E-state index contributed by atoms with van der Waals surface area (Å²) in [6, 6.07) is 0. The summed E-state index contributed by atoms with van der Waals surface area (Å²) in [6.45, 7) is 3.16. The third kappa shape index (κ3) is 20.8. The largest absolute Gasteiger partial charge is 0.330 e. The van der Waals surface area contributed by atoms with E-state index in [1.165, 1.54) is 103 Å². The second kappa shape index (κ2) is 21.7. The van der Waals surface area contributed by atoms with Crippen molar-refractivity contribution in [1.29, 1.82) is 0 Å². The van der Waals surface area contributed by atoms with Crippen LogP contribution in [0.15, 0.2) is 0 Å². The standard InChI is InChI=1S/C18H39N.BrH/c1-2-3-4-5-6-7-8-9-10-11-12-13-14-15-16-17-18-19;/h2-19H2,1H3;1H. The molecule has 0 spiro atoms. The maximum Gasteiger partial charge on any atom is -0.00773 e. The number of rotatable bonds is 16. The molecular weight excluding hydrogens is 310 g/mol. The molecule has 0 fully saturated rings. The minimum atomic E-state index is 0. The zero-order valence-electron chi connectivity index (χ0n) is 14.0. The molecule has 0 aliphatic rings. The van der Waals surface area contributed by atoms with Gasteiger partial charge in [0.25, 0.3) is 0 Å². The van der Waals surface area contributed by atoms with Gasteiger partial charge in [-0.25, -0.2) is 0 Å². The predicted octanol–water partition coefficient (Wildman–Crippen LogP) is 6.78. The maximum atomic E-state index is 5.48. The molecule has 0 aliphatic carbocycles. The second-order valence-electron chi connectivity index (χ2n) is 6.09. The van der Waals surface area contributed by atoms with Gasteiger partial charge in [-0.1, -0.05) is 103 Å². The first-order valence-electron chi connectivity index (χ1n) is 9.12. The molecule has 124 valence electrons. The van der Waals surface area contributed by atoms with E-state index in [1.54, 1.807) is 0 Å². The van der Waals surface area contributed by atoms with E-state index < -0.39 is 0 Å². The normalized spacial score (nSPS) is 10.5. The van der Waals surface area contributed by atoms with Crippen LogP contribution in [0.1, 0.15) is 110 Å². The summed E-state index contributed by atoms with van der Waals surface area (Å²) in [6.07, 6.45) is 22.9. The molecular formula is C18H40BrN. The minimum absolute atomic E-state index is 0. The first kappa shape index (κ1) is 22.7. The number of halogens is 1. The van der Waals surface area contributed by atoms with Crippen molar-refractivity contribution in [2.75, 3.05) is 6.54 Å². The van der Waals surface area contributed by atoms with Gasteiger partial charge >= 0.3 is 0 Å². The number of hydrogen-bond acceptors (Lipinski definition) is 1. The average molecular weight is 350 g/mol. The Balaban J connectivity index is 0. The van der Waals surface area contributed by atoms with Crippen molar-refractivity contribution in [3.05, 3.63) is 0 Å². The number of nitrogens with two attached hydrogens (primary N) is 1. The molecule has 20 heavy (non-hydrogen) atoms. The number of hydrogen-bond donors (Lipinski definition) is 1. The fourth-order valence-corrected chi connectivity index (χ4v) is 2.69. The van der Waals surface area contributed by atoms with Gasteiger partial charge in [0.05, 0.1) is 0 Å². The lowest BCUT2D eigenvalue weighted by Crippen LogP contribution is -1.97. The molecule has 0 amide bonds. The Hall–Kier alpha value is 0.440. The van der Waals surface area contributed by atoms with Crippen molar-refractivity contribution in [2.45, 2.75) is 110 Å². The molecule has 0 aromatic carbocycles. The van der Waals surface area contributed by atoms with Crippen LogP contribution in [0.5, 0.6) is 0 Å². The van der Waals surface area contributed by atoms with E-state index in [0.29, 0.717) is 0 Å². The summed E-state index contributed by atoms with van der Waals surface area (Å²) in [5.41, 5.74) is 5.48. The molecule has 0 saturated heterocycles. The average Bonchev–Trinajstić information content (AvgIpc) is 2.43. The van der Waals surface area contributed by atoms with Gasteiger partial charge in [0, 0.05) is 0 Å². The van der Waals surface area contributed by atoms with Crippen LogP contribution in [0.4, 0.5) is 0 Å². The van der Waals surface area contributed by atoms with E-state index in [1.807, 2.05) is 0 Å². The molecule has 0 saturated carbocycles. The monoisotopic (exact) mass is 349 g/mol. The second-order valence-corrected chi connectivity index (χ2v) is 6.09. The lowest BCUT2D eigenvalue weighted by atomic mass is 10.0. The molecule has 0 heterocycles. The lowest BCUT2D eigenvalue weighted by molar-refractivity contribution is 0.530. The summed E-state index contributed by atoms with van der Waals surface area (Å²) in [4.78, 5) is 0. The van der Waals surface area contributed by atoms with Gasteiger partial charge in [0.2, 0.25) is 0 Å². The van der Waals surface area contributed by atoms with Gasteiger partial charge in [0.1, 0.15) is 0 Å². The molecule has 0 rings (SSSR count). The van der Waals surface area contributed by atoms with Crippen LogP contribution >= 0.6 is 17.0 Å². The SMILES string of the molecule is Br.CCCCCCCCCCCCCCCCCCN. The van der Waals surface area contributed by atoms with Crippen molar-refractivity contribution in [3.63, 3.8) is 0 Å². The van der Waals surface area contributed by atoms with Crippen LogP contribution in [0.25, 0.3) is 0 Å². The van der Waals surface area contributed by atoms with E-state index in [4.69, 9.17) is 5.73 Å². The highest BCUT2D eigenvalue weighted by Crippen LogP contribution is 2.13. The van der Waals surface area contributed by atoms with Gasteiger partial charge in [-0.05, 0) is 13.0 Å². The molecule has 0 aromatic rings. The molecule has 0 unspecified atom stereocenters. The van der Waals surface area contributed by atoms with Gasteiger partial charge in [-0.2, -0.15) is 0 Å². The quantitative estimate of drug-likeness (QED) is 0.305. The summed E-state index contributed by atoms with van der Waals surface area (Å²) in [5.74, 6) is 0. The highest BCUT2D eigenvalue weighted by molar-refractivity contribution is 8.93. The van der Waals surface area contributed by atoms with E-state index in [0.717, 1.165) is 6.54 Å². The zero-order valence-corrected chi connectivity index (χ0v) is 15.7. The maximum absolute atomic E-state index is 5.48. The molecule has 0 atom stereocenters. The van der Waals surface area contributed by atoms with Crippen molar-refractivity contribution in [3.8, 4) is 0 Å². The van der Waals surface area contributed by atoms with Crippen LogP contribution in [0.2, 0.25) is 0 Å². The van der Waals surface area contributed by atoms with Crippen LogP contribution in [-0.4, -0.2) is 6.54 Å². The predicted molar refractivity (Wildman–Crippen MR) is 98.9 cm³/mol. The zero-order chi connectivity index (χ0) is 14.0. The van der Waals surface area contributed by atoms with Crippen molar-refractivity contribution < 1.29 is 0 Å². The Kier molecular flexibility index (Phi) is 24.7. The van der Waals surface area contributed by atoms with Crippen LogP contribution < -0.4 is 5.73 Å². The third-order valence-corrected chi connectivity index (χ3v) is 4.06. The van der Waals surface area contributed by atoms with Crippen LogP contribution in [0.3, 0.4) is 0 Å². The summed E-state index contributed by atoms with van der Waals surface area (Å²) in [5, 5.41) is 0. The van der Waals surface area contributed by atoms with Crippen LogP contribution in [0, 0.1) is 0 Å². The molecule has 0 aromatic heterocycles.